The molecule has 0 saturated heterocycles. The molecule has 0 N–H and O–H groups in total. The van der Waals surface area contributed by atoms with Crippen LogP contribution in [0.5, 0.6) is 5.75 Å². The summed E-state index contributed by atoms with van der Waals surface area (Å²) in [6.45, 7) is 0. The van der Waals surface area contributed by atoms with Crippen LogP contribution in [0, 0.1) is 0 Å². The van der Waals surface area contributed by atoms with E-state index < -0.39 is 24.0 Å². The number of methoxy groups -OCH3 is 1. The van der Waals surface area contributed by atoms with E-state index in [4.69, 9.17) is 0 Å². The van der Waals surface area contributed by atoms with E-state index >= 15 is 0 Å². The van der Waals surface area contributed by atoms with Gasteiger partial charge in [-0.05, 0) is 6.07 Å². The van der Waals surface area contributed by atoms with Crippen LogP contribution < -0.4 is 4.74 Å². The lowest BCUT2D eigenvalue weighted by Gasteiger charge is -2.14. The lowest BCUT2D eigenvalue weighted by Crippen LogP contribution is -2.12. The Morgan fingerprint density at radius 1 is 1.41 bits per heavy atom. The maximum absolute atomic E-state index is 12.6. The van der Waals surface area contributed by atoms with Crippen molar-refractivity contribution in [3.8, 4) is 5.75 Å². The van der Waals surface area contributed by atoms with Crippen molar-refractivity contribution in [2.24, 2.45) is 0 Å². The molecule has 0 aromatic carbocycles. The van der Waals surface area contributed by atoms with Gasteiger partial charge in [0.2, 0.25) is 0 Å². The molecule has 2 nitrogen and oxygen atoms in total. The van der Waals surface area contributed by atoms with Crippen LogP contribution in [0.3, 0.4) is 0 Å². The summed E-state index contributed by atoms with van der Waals surface area (Å²) in [6.07, 6.45) is -7.91. The second-order valence-electron chi connectivity index (χ2n) is 3.02. The lowest BCUT2D eigenvalue weighted by molar-refractivity contribution is -0.141. The molecule has 0 spiro atoms. The van der Waals surface area contributed by atoms with Gasteiger partial charge in [0.1, 0.15) is 17.1 Å². The number of halogens is 6. The molecule has 1 aromatic rings. The minimum Gasteiger partial charge on any atom is -0.494 e. The molecular weight excluding hydrogens is 313 g/mol. The van der Waals surface area contributed by atoms with Crippen molar-refractivity contribution in [1.29, 1.82) is 0 Å². The van der Waals surface area contributed by atoms with E-state index in [1.807, 2.05) is 0 Å². The number of rotatable bonds is 3. The fraction of sp³-hybridized carbons (Fsp3) is 0.444. The Morgan fingerprint density at radius 2 is 2.00 bits per heavy atom. The molecule has 0 bridgehead atoms. The first kappa shape index (κ1) is 14.1. The van der Waals surface area contributed by atoms with Crippen LogP contribution in [0.25, 0.3) is 0 Å². The third-order valence-corrected chi connectivity index (χ3v) is 2.53. The van der Waals surface area contributed by atoms with Crippen LogP contribution in [0.1, 0.15) is 23.4 Å². The second kappa shape index (κ2) is 5.16. The Morgan fingerprint density at radius 3 is 2.35 bits per heavy atom. The molecule has 0 unspecified atom stereocenters. The third-order valence-electron chi connectivity index (χ3n) is 1.92. The zero-order valence-electron chi connectivity index (χ0n) is 8.49. The molecular formula is C9H7BrF5NO. The first-order chi connectivity index (χ1) is 7.81. The van der Waals surface area contributed by atoms with Gasteiger partial charge in [0.05, 0.1) is 7.11 Å². The largest absolute Gasteiger partial charge is 0.494 e. The fourth-order valence-corrected chi connectivity index (χ4v) is 1.65. The van der Waals surface area contributed by atoms with Gasteiger partial charge in [-0.25, -0.2) is 13.8 Å². The van der Waals surface area contributed by atoms with E-state index in [0.29, 0.717) is 6.07 Å². The monoisotopic (exact) mass is 319 g/mol. The SMILES string of the molecule is COc1c(CBr)cc(C(F)(F)F)nc1C(F)F. The zero-order valence-corrected chi connectivity index (χ0v) is 10.1. The quantitative estimate of drug-likeness (QED) is 0.622. The van der Waals surface area contributed by atoms with Crippen LogP contribution in [0.2, 0.25) is 0 Å². The minimum atomic E-state index is -4.77. The predicted octanol–water partition coefficient (Wildman–Crippen LogP) is 3.94. The molecule has 0 radical (unpaired) electrons. The number of nitrogens with zero attached hydrogens (tertiary/aromatic N) is 1. The highest BCUT2D eigenvalue weighted by atomic mass is 79.9. The van der Waals surface area contributed by atoms with Gasteiger partial charge in [-0.2, -0.15) is 13.2 Å². The van der Waals surface area contributed by atoms with E-state index in [-0.39, 0.29) is 16.6 Å². The van der Waals surface area contributed by atoms with Crippen molar-refractivity contribution in [2.45, 2.75) is 17.9 Å². The van der Waals surface area contributed by atoms with Crippen molar-refractivity contribution >= 4 is 15.9 Å². The van der Waals surface area contributed by atoms with Gasteiger partial charge < -0.3 is 4.74 Å². The first-order valence-electron chi connectivity index (χ1n) is 4.30. The van der Waals surface area contributed by atoms with Crippen molar-refractivity contribution in [3.05, 3.63) is 23.0 Å². The molecule has 0 saturated carbocycles. The summed E-state index contributed by atoms with van der Waals surface area (Å²) in [5.74, 6) is -0.329. The van der Waals surface area contributed by atoms with Gasteiger partial charge in [-0.1, -0.05) is 15.9 Å². The maximum Gasteiger partial charge on any atom is 0.433 e. The number of ether oxygens (including phenoxy) is 1. The molecule has 0 fully saturated rings. The standard InChI is InChI=1S/C9H7BrF5NO/c1-17-7-4(3-10)2-5(9(13,14)15)16-6(7)8(11)12/h2,8H,3H2,1H3. The third kappa shape index (κ3) is 3.05. The predicted molar refractivity (Wildman–Crippen MR) is 53.4 cm³/mol. The molecule has 1 heterocycles. The Kier molecular flexibility index (Phi) is 4.29. The number of hydrogen-bond donors (Lipinski definition) is 0. The molecule has 1 aromatic heterocycles. The number of hydrogen-bond acceptors (Lipinski definition) is 2. The van der Waals surface area contributed by atoms with Gasteiger partial charge in [-0.15, -0.1) is 0 Å². The van der Waals surface area contributed by atoms with Crippen molar-refractivity contribution < 1.29 is 26.7 Å². The topological polar surface area (TPSA) is 22.1 Å². The van der Waals surface area contributed by atoms with Crippen molar-refractivity contribution in [3.63, 3.8) is 0 Å². The summed E-state index contributed by atoms with van der Waals surface area (Å²) in [5.41, 5.74) is -2.38. The van der Waals surface area contributed by atoms with Gasteiger partial charge in [0, 0.05) is 10.9 Å². The summed E-state index contributed by atoms with van der Waals surface area (Å²) in [6, 6.07) is 0.680. The van der Waals surface area contributed by atoms with Crippen LogP contribution >= 0.6 is 15.9 Å². The molecule has 8 heteroatoms. The number of aromatic nitrogens is 1. The highest BCUT2D eigenvalue weighted by Crippen LogP contribution is 2.37. The van der Waals surface area contributed by atoms with E-state index in [1.165, 1.54) is 0 Å². The van der Waals surface area contributed by atoms with Gasteiger partial charge in [0.15, 0.2) is 0 Å². The van der Waals surface area contributed by atoms with Crippen LogP contribution in [-0.4, -0.2) is 12.1 Å². The van der Waals surface area contributed by atoms with Crippen LogP contribution in [-0.2, 0) is 11.5 Å². The van der Waals surface area contributed by atoms with Crippen LogP contribution in [0.4, 0.5) is 22.0 Å². The van der Waals surface area contributed by atoms with Gasteiger partial charge >= 0.3 is 6.18 Å². The Balaban J connectivity index is 3.46. The summed E-state index contributed by atoms with van der Waals surface area (Å²) in [5, 5.41) is -0.0402. The lowest BCUT2D eigenvalue weighted by atomic mass is 10.1. The van der Waals surface area contributed by atoms with Crippen molar-refractivity contribution in [1.82, 2.24) is 4.98 Å². The van der Waals surface area contributed by atoms with Crippen LogP contribution in [0.15, 0.2) is 6.07 Å². The molecule has 0 aliphatic heterocycles. The fourth-order valence-electron chi connectivity index (χ4n) is 1.24. The average molecular weight is 320 g/mol. The maximum atomic E-state index is 12.6. The second-order valence-corrected chi connectivity index (χ2v) is 3.58. The number of alkyl halides is 6. The summed E-state index contributed by atoms with van der Waals surface area (Å²) >= 11 is 2.91. The molecule has 96 valence electrons. The molecule has 17 heavy (non-hydrogen) atoms. The van der Waals surface area contributed by atoms with E-state index in [0.717, 1.165) is 7.11 Å². The number of pyridine rings is 1. The Labute approximate surface area is 102 Å². The molecule has 0 aliphatic carbocycles. The van der Waals surface area contributed by atoms with Gasteiger partial charge in [0.25, 0.3) is 6.43 Å². The van der Waals surface area contributed by atoms with Crippen molar-refractivity contribution in [2.75, 3.05) is 7.11 Å². The first-order valence-corrected chi connectivity index (χ1v) is 5.42. The minimum absolute atomic E-state index is 0.0230. The summed E-state index contributed by atoms with van der Waals surface area (Å²) in [7, 11) is 1.10. The molecule has 1 rings (SSSR count). The molecule has 0 aliphatic rings. The van der Waals surface area contributed by atoms with E-state index in [9.17, 15) is 22.0 Å². The van der Waals surface area contributed by atoms with E-state index in [1.54, 1.807) is 0 Å². The Bertz CT molecular complexity index is 407. The van der Waals surface area contributed by atoms with Gasteiger partial charge in [-0.3, -0.25) is 0 Å². The zero-order chi connectivity index (χ0) is 13.2. The highest BCUT2D eigenvalue weighted by Gasteiger charge is 2.35. The smallest absolute Gasteiger partial charge is 0.433 e. The molecule has 0 atom stereocenters. The Hall–Kier alpha value is -0.920. The summed E-state index contributed by atoms with van der Waals surface area (Å²) < 4.78 is 67.1. The summed E-state index contributed by atoms with van der Waals surface area (Å²) in [4.78, 5) is 2.90. The average Bonchev–Trinajstić information content (AvgIpc) is 2.25. The molecule has 0 amide bonds. The highest BCUT2D eigenvalue weighted by molar-refractivity contribution is 9.08. The van der Waals surface area contributed by atoms with E-state index in [2.05, 4.69) is 25.7 Å². The normalized spacial score (nSPS) is 12.0.